The summed E-state index contributed by atoms with van der Waals surface area (Å²) in [7, 11) is 0. The number of hydrogen-bond acceptors (Lipinski definition) is 7. The molecule has 0 fully saturated rings. The number of esters is 1. The van der Waals surface area contributed by atoms with Crippen molar-refractivity contribution in [2.45, 2.75) is 46.1 Å². The van der Waals surface area contributed by atoms with Crippen LogP contribution < -0.4 is 10.5 Å². The number of hydrogen-bond donors (Lipinski definition) is 3. The molecule has 1 atom stereocenters. The van der Waals surface area contributed by atoms with Gasteiger partial charge in [0.1, 0.15) is 11.6 Å². The molecule has 0 aliphatic heterocycles. The van der Waals surface area contributed by atoms with Crippen molar-refractivity contribution >= 4 is 35.9 Å². The molecule has 0 aromatic heterocycles. The summed E-state index contributed by atoms with van der Waals surface area (Å²) in [5, 5.41) is 16.4. The predicted octanol–water partition coefficient (Wildman–Crippen LogP) is 4.22. The van der Waals surface area contributed by atoms with E-state index in [2.05, 4.69) is 0 Å². The van der Waals surface area contributed by atoms with Gasteiger partial charge in [-0.15, -0.1) is 0 Å². The summed E-state index contributed by atoms with van der Waals surface area (Å²) < 4.78 is 10.2. The van der Waals surface area contributed by atoms with Crippen molar-refractivity contribution in [2.75, 3.05) is 6.54 Å². The van der Waals surface area contributed by atoms with E-state index < -0.39 is 30.0 Å². The van der Waals surface area contributed by atoms with Crippen LogP contribution in [0.25, 0.3) is 6.08 Å². The van der Waals surface area contributed by atoms with E-state index in [-0.39, 0.29) is 23.5 Å². The second-order valence-corrected chi connectivity index (χ2v) is 8.31. The third kappa shape index (κ3) is 8.60. The molecule has 10 nitrogen and oxygen atoms in total. The van der Waals surface area contributed by atoms with Crippen molar-refractivity contribution in [1.29, 1.82) is 5.41 Å². The third-order valence-electron chi connectivity index (χ3n) is 5.32. The third-order valence-corrected chi connectivity index (χ3v) is 5.32. The van der Waals surface area contributed by atoms with Gasteiger partial charge in [0.05, 0.1) is 5.56 Å². The van der Waals surface area contributed by atoms with Gasteiger partial charge in [0.25, 0.3) is 5.91 Å². The van der Waals surface area contributed by atoms with Crippen molar-refractivity contribution in [2.24, 2.45) is 5.73 Å². The molecule has 0 saturated carbocycles. The van der Waals surface area contributed by atoms with E-state index >= 15 is 0 Å². The first-order chi connectivity index (χ1) is 17.5. The van der Waals surface area contributed by atoms with Crippen LogP contribution in [-0.2, 0) is 14.3 Å². The molecule has 2 aromatic rings. The molecular weight excluding hydrogens is 478 g/mol. The standard InChI is InChI=1S/C27H31N3O7/c1-4-5-6-15-30(27(35)36-18(3)25(32)33)24(31)17(2)16-19-7-9-21(10-8-19)26(34)37-22-13-11-20(12-14-22)23(28)29/h7-14,16,18H,4-6,15H2,1-3H3,(H3,28,29)(H,32,33)/b17-16+. The summed E-state index contributed by atoms with van der Waals surface area (Å²) in [4.78, 5) is 49.9. The molecule has 0 aliphatic rings. The summed E-state index contributed by atoms with van der Waals surface area (Å²) >= 11 is 0. The average molecular weight is 510 g/mol. The Morgan fingerprint density at radius 2 is 1.62 bits per heavy atom. The van der Waals surface area contributed by atoms with Crippen LogP contribution in [0.4, 0.5) is 4.79 Å². The minimum absolute atomic E-state index is 0.0916. The number of imide groups is 1. The Balaban J connectivity index is 2.11. The normalized spacial score (nSPS) is 11.8. The molecule has 1 unspecified atom stereocenters. The maximum absolute atomic E-state index is 13.0. The molecular formula is C27H31N3O7. The van der Waals surface area contributed by atoms with Gasteiger partial charge < -0.3 is 20.3 Å². The summed E-state index contributed by atoms with van der Waals surface area (Å²) in [6, 6.07) is 12.5. The summed E-state index contributed by atoms with van der Waals surface area (Å²) in [5.74, 6) is -2.29. The van der Waals surface area contributed by atoms with Crippen molar-refractivity contribution < 1.29 is 33.8 Å². The van der Waals surface area contributed by atoms with Gasteiger partial charge in [-0.3, -0.25) is 10.2 Å². The van der Waals surface area contributed by atoms with Gasteiger partial charge in [0, 0.05) is 17.7 Å². The predicted molar refractivity (Wildman–Crippen MR) is 137 cm³/mol. The SMILES string of the molecule is CCCCCN(C(=O)OC(C)C(=O)O)C(=O)/C(C)=C/c1ccc(C(=O)Oc2ccc(C(=N)N)cc2)cc1. The lowest BCUT2D eigenvalue weighted by Gasteiger charge is -2.22. The largest absolute Gasteiger partial charge is 0.479 e. The number of carbonyl (C=O) groups excluding carboxylic acids is 3. The molecule has 2 rings (SSSR count). The van der Waals surface area contributed by atoms with Crippen molar-refractivity contribution in [3.05, 3.63) is 70.8 Å². The van der Waals surface area contributed by atoms with Crippen LogP contribution in [-0.4, -0.2) is 52.4 Å². The van der Waals surface area contributed by atoms with Crippen LogP contribution in [0.5, 0.6) is 5.75 Å². The molecule has 10 heteroatoms. The van der Waals surface area contributed by atoms with E-state index in [1.165, 1.54) is 38.1 Å². The Morgan fingerprint density at radius 3 is 2.16 bits per heavy atom. The monoisotopic (exact) mass is 509 g/mol. The zero-order valence-corrected chi connectivity index (χ0v) is 21.0. The second kappa shape index (κ2) is 13.6. The smallest absolute Gasteiger partial charge is 0.417 e. The maximum Gasteiger partial charge on any atom is 0.417 e. The quantitative estimate of drug-likeness (QED) is 0.101. The molecule has 0 radical (unpaired) electrons. The molecule has 2 aromatic carbocycles. The van der Waals surface area contributed by atoms with Crippen LogP contribution in [0, 0.1) is 5.41 Å². The molecule has 0 spiro atoms. The first-order valence-electron chi connectivity index (χ1n) is 11.7. The molecule has 0 saturated heterocycles. The minimum Gasteiger partial charge on any atom is -0.479 e. The van der Waals surface area contributed by atoms with Gasteiger partial charge in [-0.05, 0) is 68.3 Å². The molecule has 37 heavy (non-hydrogen) atoms. The van der Waals surface area contributed by atoms with E-state index in [1.54, 1.807) is 30.3 Å². The first-order valence-corrected chi connectivity index (χ1v) is 11.7. The van der Waals surface area contributed by atoms with Crippen LogP contribution >= 0.6 is 0 Å². The molecule has 0 heterocycles. The van der Waals surface area contributed by atoms with E-state index in [9.17, 15) is 19.2 Å². The van der Waals surface area contributed by atoms with Crippen LogP contribution in [0.2, 0.25) is 0 Å². The van der Waals surface area contributed by atoms with Crippen LogP contribution in [0.1, 0.15) is 61.5 Å². The number of benzene rings is 2. The lowest BCUT2D eigenvalue weighted by atomic mass is 10.1. The second-order valence-electron chi connectivity index (χ2n) is 8.31. The Hall–Kier alpha value is -4.47. The number of unbranched alkanes of at least 4 members (excludes halogenated alkanes) is 2. The number of amides is 2. The Kier molecular flexibility index (Phi) is 10.6. The maximum atomic E-state index is 13.0. The fraction of sp³-hybridized carbons (Fsp3) is 0.296. The number of ether oxygens (including phenoxy) is 2. The number of nitrogens with two attached hydrogens (primary N) is 1. The summed E-state index contributed by atoms with van der Waals surface area (Å²) in [6.07, 6.45) is 1.36. The highest BCUT2D eigenvalue weighted by Crippen LogP contribution is 2.17. The number of carboxylic acid groups (broad SMARTS) is 1. The van der Waals surface area contributed by atoms with Crippen LogP contribution in [0.15, 0.2) is 54.1 Å². The highest BCUT2D eigenvalue weighted by molar-refractivity contribution is 6.05. The number of carboxylic acids is 1. The first kappa shape index (κ1) is 28.8. The van der Waals surface area contributed by atoms with Gasteiger partial charge in [0.2, 0.25) is 0 Å². The number of nitrogens with zero attached hydrogens (tertiary/aromatic N) is 1. The summed E-state index contributed by atoms with van der Waals surface area (Å²) in [5.41, 5.74) is 7.04. The minimum atomic E-state index is -1.39. The highest BCUT2D eigenvalue weighted by atomic mass is 16.6. The van der Waals surface area contributed by atoms with Gasteiger partial charge in [-0.1, -0.05) is 31.9 Å². The lowest BCUT2D eigenvalue weighted by Crippen LogP contribution is -2.41. The topological polar surface area (TPSA) is 160 Å². The number of nitrogen functional groups attached to an aromatic ring is 1. The zero-order chi connectivity index (χ0) is 27.5. The lowest BCUT2D eigenvalue weighted by molar-refractivity contribution is -0.147. The number of rotatable bonds is 11. The highest BCUT2D eigenvalue weighted by Gasteiger charge is 2.27. The Labute approximate surface area is 215 Å². The van der Waals surface area contributed by atoms with Crippen molar-refractivity contribution in [3.8, 4) is 5.75 Å². The number of nitrogens with one attached hydrogen (secondary N) is 1. The molecule has 196 valence electrons. The Morgan fingerprint density at radius 1 is 1.03 bits per heavy atom. The van der Waals surface area contributed by atoms with Crippen molar-refractivity contribution in [1.82, 2.24) is 4.90 Å². The Bertz CT molecular complexity index is 1170. The fourth-order valence-corrected chi connectivity index (χ4v) is 3.17. The van der Waals surface area contributed by atoms with E-state index in [0.29, 0.717) is 23.3 Å². The number of carbonyl (C=O) groups is 4. The summed E-state index contributed by atoms with van der Waals surface area (Å²) in [6.45, 7) is 4.83. The van der Waals surface area contributed by atoms with Gasteiger partial charge in [-0.2, -0.15) is 0 Å². The molecule has 0 bridgehead atoms. The van der Waals surface area contributed by atoms with Crippen LogP contribution in [0.3, 0.4) is 0 Å². The van der Waals surface area contributed by atoms with Crippen molar-refractivity contribution in [3.63, 3.8) is 0 Å². The fourth-order valence-electron chi connectivity index (χ4n) is 3.17. The van der Waals surface area contributed by atoms with Gasteiger partial charge in [0.15, 0.2) is 6.10 Å². The van der Waals surface area contributed by atoms with E-state index in [4.69, 9.17) is 25.7 Å². The number of aliphatic carboxylic acids is 1. The average Bonchev–Trinajstić information content (AvgIpc) is 2.86. The molecule has 2 amide bonds. The molecule has 4 N–H and O–H groups in total. The van der Waals surface area contributed by atoms with Gasteiger partial charge >= 0.3 is 18.0 Å². The zero-order valence-electron chi connectivity index (χ0n) is 21.0. The van der Waals surface area contributed by atoms with E-state index in [1.807, 2.05) is 6.92 Å². The van der Waals surface area contributed by atoms with Gasteiger partial charge in [-0.25, -0.2) is 19.3 Å². The number of amidine groups is 1. The van der Waals surface area contributed by atoms with E-state index in [0.717, 1.165) is 17.7 Å². The molecule has 0 aliphatic carbocycles.